The van der Waals surface area contributed by atoms with Crippen LogP contribution in [-0.4, -0.2) is 26.3 Å². The van der Waals surface area contributed by atoms with Crippen molar-refractivity contribution in [2.45, 2.75) is 39.5 Å². The molecule has 0 unspecified atom stereocenters. The van der Waals surface area contributed by atoms with Gasteiger partial charge in [0.2, 0.25) is 10.0 Å². The Hall–Kier alpha value is -2.12. The quantitative estimate of drug-likeness (QED) is 0.834. The van der Waals surface area contributed by atoms with E-state index in [1.807, 2.05) is 19.1 Å². The first-order valence-electron chi connectivity index (χ1n) is 8.34. The lowest BCUT2D eigenvalue weighted by Crippen LogP contribution is -2.20. The fraction of sp³-hybridized carbons (Fsp3) is 0.421. The van der Waals surface area contributed by atoms with Crippen LogP contribution in [0.1, 0.15) is 37.6 Å². The van der Waals surface area contributed by atoms with E-state index >= 15 is 0 Å². The summed E-state index contributed by atoms with van der Waals surface area (Å²) in [4.78, 5) is 15.3. The van der Waals surface area contributed by atoms with Crippen molar-refractivity contribution in [3.63, 3.8) is 0 Å². The molecule has 2 aromatic rings. The molecule has 0 saturated carbocycles. The van der Waals surface area contributed by atoms with Crippen molar-refractivity contribution in [3.05, 3.63) is 51.4 Å². The summed E-state index contributed by atoms with van der Waals surface area (Å²) in [6.45, 7) is 7.97. The molecule has 3 N–H and O–H groups in total. The highest BCUT2D eigenvalue weighted by molar-refractivity contribution is 7.89. The molecule has 0 radical (unpaired) electrons. The SMILES string of the molecule is COc1cc(CCS(N)(=O)=O)c(-c2ccc(C)[nH]c2=O)cc1C(C)(C)C. The van der Waals surface area contributed by atoms with Crippen LogP contribution in [0, 0.1) is 6.92 Å². The Morgan fingerprint density at radius 2 is 1.81 bits per heavy atom. The van der Waals surface area contributed by atoms with Crippen molar-refractivity contribution in [1.29, 1.82) is 0 Å². The summed E-state index contributed by atoms with van der Waals surface area (Å²) in [7, 11) is -2.05. The van der Waals surface area contributed by atoms with E-state index in [4.69, 9.17) is 9.88 Å². The maximum atomic E-state index is 12.5. The zero-order valence-corrected chi connectivity index (χ0v) is 16.7. The number of pyridine rings is 1. The van der Waals surface area contributed by atoms with Gasteiger partial charge in [-0.2, -0.15) is 0 Å². The Balaban J connectivity index is 2.74. The number of aromatic nitrogens is 1. The van der Waals surface area contributed by atoms with E-state index in [1.54, 1.807) is 19.2 Å². The average Bonchev–Trinajstić information content (AvgIpc) is 2.50. The van der Waals surface area contributed by atoms with Crippen molar-refractivity contribution < 1.29 is 13.2 Å². The van der Waals surface area contributed by atoms with Gasteiger partial charge in [0, 0.05) is 16.8 Å². The van der Waals surface area contributed by atoms with E-state index < -0.39 is 10.0 Å². The topological polar surface area (TPSA) is 102 Å². The Morgan fingerprint density at radius 1 is 1.15 bits per heavy atom. The molecule has 0 spiro atoms. The number of nitrogens with two attached hydrogens (primary N) is 1. The molecule has 0 atom stereocenters. The van der Waals surface area contributed by atoms with E-state index in [9.17, 15) is 13.2 Å². The largest absolute Gasteiger partial charge is 0.496 e. The molecule has 6 nitrogen and oxygen atoms in total. The number of methoxy groups -OCH3 is 1. The van der Waals surface area contributed by atoms with Crippen molar-refractivity contribution in [2.75, 3.05) is 12.9 Å². The molecule has 1 aromatic carbocycles. The van der Waals surface area contributed by atoms with Crippen molar-refractivity contribution >= 4 is 10.0 Å². The monoisotopic (exact) mass is 378 g/mol. The smallest absolute Gasteiger partial charge is 0.256 e. The minimum Gasteiger partial charge on any atom is -0.496 e. The molecule has 0 saturated heterocycles. The molecule has 26 heavy (non-hydrogen) atoms. The van der Waals surface area contributed by atoms with Crippen LogP contribution in [0.3, 0.4) is 0 Å². The maximum absolute atomic E-state index is 12.5. The van der Waals surface area contributed by atoms with Gasteiger partial charge in [0.25, 0.3) is 5.56 Å². The van der Waals surface area contributed by atoms with Gasteiger partial charge >= 0.3 is 0 Å². The van der Waals surface area contributed by atoms with Gasteiger partial charge in [-0.15, -0.1) is 0 Å². The average molecular weight is 378 g/mol. The summed E-state index contributed by atoms with van der Waals surface area (Å²) >= 11 is 0. The second-order valence-corrected chi connectivity index (χ2v) is 9.19. The molecular formula is C19H26N2O4S. The van der Waals surface area contributed by atoms with Crippen LogP contribution in [0.2, 0.25) is 0 Å². The molecule has 0 aliphatic carbocycles. The molecule has 7 heteroatoms. The number of ether oxygens (including phenoxy) is 1. The molecule has 0 aliphatic rings. The fourth-order valence-corrected chi connectivity index (χ4v) is 3.38. The second kappa shape index (κ2) is 7.25. The number of primary sulfonamides is 1. The van der Waals surface area contributed by atoms with Crippen LogP contribution in [0.25, 0.3) is 11.1 Å². The highest BCUT2D eigenvalue weighted by atomic mass is 32.2. The van der Waals surface area contributed by atoms with Gasteiger partial charge in [0.15, 0.2) is 0 Å². The lowest BCUT2D eigenvalue weighted by atomic mass is 9.83. The molecule has 1 aromatic heterocycles. The second-order valence-electron chi connectivity index (χ2n) is 7.46. The molecule has 0 amide bonds. The minimum absolute atomic E-state index is 0.197. The summed E-state index contributed by atoms with van der Waals surface area (Å²) < 4.78 is 28.4. The summed E-state index contributed by atoms with van der Waals surface area (Å²) in [5, 5.41) is 5.16. The van der Waals surface area contributed by atoms with Gasteiger partial charge in [0.1, 0.15) is 5.75 Å². The number of rotatable bonds is 5. The first kappa shape index (κ1) is 20.2. The first-order valence-corrected chi connectivity index (χ1v) is 10.1. The van der Waals surface area contributed by atoms with Crippen molar-refractivity contribution in [1.82, 2.24) is 4.98 Å². The van der Waals surface area contributed by atoms with Crippen LogP contribution in [0.15, 0.2) is 29.1 Å². The summed E-state index contributed by atoms with van der Waals surface area (Å²) in [5.74, 6) is 0.455. The molecule has 2 rings (SSSR count). The van der Waals surface area contributed by atoms with Crippen molar-refractivity contribution in [3.8, 4) is 16.9 Å². The third-order valence-electron chi connectivity index (χ3n) is 4.23. The van der Waals surface area contributed by atoms with Crippen LogP contribution in [-0.2, 0) is 21.9 Å². The molecule has 1 heterocycles. The Labute approximate surface area is 154 Å². The Kier molecular flexibility index (Phi) is 5.63. The van der Waals surface area contributed by atoms with E-state index in [0.29, 0.717) is 22.4 Å². The van der Waals surface area contributed by atoms with Gasteiger partial charge in [-0.1, -0.05) is 20.8 Å². The molecule has 0 bridgehead atoms. The van der Waals surface area contributed by atoms with Crippen LogP contribution < -0.4 is 15.4 Å². The molecular weight excluding hydrogens is 352 g/mol. The predicted molar refractivity (Wildman–Crippen MR) is 104 cm³/mol. The summed E-state index contributed by atoms with van der Waals surface area (Å²) in [5.41, 5.74) is 3.17. The van der Waals surface area contributed by atoms with Crippen LogP contribution in [0.5, 0.6) is 5.75 Å². The van der Waals surface area contributed by atoms with Crippen molar-refractivity contribution in [2.24, 2.45) is 5.14 Å². The van der Waals surface area contributed by atoms with E-state index in [1.165, 1.54) is 0 Å². The van der Waals surface area contributed by atoms with Crippen LogP contribution in [0.4, 0.5) is 0 Å². The van der Waals surface area contributed by atoms with E-state index in [0.717, 1.165) is 11.3 Å². The van der Waals surface area contributed by atoms with Gasteiger partial charge < -0.3 is 9.72 Å². The van der Waals surface area contributed by atoms with E-state index in [-0.39, 0.29) is 23.1 Å². The maximum Gasteiger partial charge on any atom is 0.256 e. The minimum atomic E-state index is -3.62. The number of benzene rings is 1. The molecule has 0 fully saturated rings. The number of nitrogens with one attached hydrogen (secondary N) is 1. The number of aryl methyl sites for hydroxylation is 2. The standard InChI is InChI=1S/C19H26N2O4S/c1-12-6-7-14(18(22)21-12)15-11-16(19(2,3)4)17(25-5)10-13(15)8-9-26(20,23)24/h6-7,10-11H,8-9H2,1-5H3,(H,21,22)(H2,20,23,24). The molecule has 142 valence electrons. The van der Waals surface area contributed by atoms with Crippen LogP contribution >= 0.6 is 0 Å². The number of hydrogen-bond donors (Lipinski definition) is 2. The lowest BCUT2D eigenvalue weighted by Gasteiger charge is -2.24. The third kappa shape index (κ3) is 4.74. The third-order valence-corrected chi connectivity index (χ3v) is 5.01. The van der Waals surface area contributed by atoms with E-state index in [2.05, 4.69) is 25.8 Å². The number of sulfonamides is 1. The predicted octanol–water partition coefficient (Wildman–Crippen LogP) is 2.49. The fourth-order valence-electron chi connectivity index (χ4n) is 2.87. The Morgan fingerprint density at radius 3 is 2.31 bits per heavy atom. The first-order chi connectivity index (χ1) is 11.9. The summed E-state index contributed by atoms with van der Waals surface area (Å²) in [6.07, 6.45) is 0.197. The molecule has 0 aliphatic heterocycles. The lowest BCUT2D eigenvalue weighted by molar-refractivity contribution is 0.397. The highest BCUT2D eigenvalue weighted by Gasteiger charge is 2.23. The number of aromatic amines is 1. The normalized spacial score (nSPS) is 12.2. The number of H-pyrrole nitrogens is 1. The van der Waals surface area contributed by atoms with Gasteiger partial charge in [-0.3, -0.25) is 4.79 Å². The summed E-state index contributed by atoms with van der Waals surface area (Å²) in [6, 6.07) is 7.29. The zero-order chi connectivity index (χ0) is 19.7. The highest BCUT2D eigenvalue weighted by Crippen LogP contribution is 2.37. The van der Waals surface area contributed by atoms with Gasteiger partial charge in [0.05, 0.1) is 12.9 Å². The Bertz CT molecular complexity index is 970. The van der Waals surface area contributed by atoms with Gasteiger partial charge in [-0.05, 0) is 54.2 Å². The number of hydrogen-bond acceptors (Lipinski definition) is 4. The van der Waals surface area contributed by atoms with Gasteiger partial charge in [-0.25, -0.2) is 13.6 Å². The zero-order valence-electron chi connectivity index (χ0n) is 15.8.